The first kappa shape index (κ1) is 30.4. The number of urea groups is 1. The van der Waals surface area contributed by atoms with Crippen molar-refractivity contribution >= 4 is 51.0 Å². The molecule has 1 saturated carbocycles. The summed E-state index contributed by atoms with van der Waals surface area (Å²) in [5.74, 6) is 1.16. The zero-order valence-corrected chi connectivity index (χ0v) is 26.4. The number of fused-ring (bicyclic) bond motifs is 2. The van der Waals surface area contributed by atoms with Crippen molar-refractivity contribution in [1.82, 2.24) is 19.1 Å². The Balaban J connectivity index is 1.11. The highest BCUT2D eigenvalue weighted by atomic mass is 35.5. The molecular weight excluding hydrogens is 629 g/mol. The van der Waals surface area contributed by atoms with Gasteiger partial charge in [0.15, 0.2) is 0 Å². The van der Waals surface area contributed by atoms with Gasteiger partial charge in [-0.2, -0.15) is 12.7 Å². The highest BCUT2D eigenvalue weighted by molar-refractivity contribution is 7.87. The van der Waals surface area contributed by atoms with E-state index in [2.05, 4.69) is 10.5 Å². The molecule has 44 heavy (non-hydrogen) atoms. The lowest BCUT2D eigenvalue weighted by molar-refractivity contribution is 0.0979. The minimum absolute atomic E-state index is 0.0378. The Labute approximate surface area is 265 Å². The molecule has 2 fully saturated rings. The fourth-order valence-corrected chi connectivity index (χ4v) is 6.70. The van der Waals surface area contributed by atoms with Gasteiger partial charge < -0.3 is 19.5 Å². The van der Waals surface area contributed by atoms with E-state index in [4.69, 9.17) is 32.5 Å². The summed E-state index contributed by atoms with van der Waals surface area (Å²) >= 11 is 13.0. The van der Waals surface area contributed by atoms with Crippen LogP contribution in [0.5, 0.6) is 0 Å². The van der Waals surface area contributed by atoms with Gasteiger partial charge in [0.25, 0.3) is 5.91 Å². The zero-order chi connectivity index (χ0) is 31.2. The van der Waals surface area contributed by atoms with Gasteiger partial charge >= 0.3 is 16.2 Å². The number of hydrogen-bond acceptors (Lipinski definition) is 7. The van der Waals surface area contributed by atoms with E-state index in [1.54, 1.807) is 30.3 Å². The lowest BCUT2D eigenvalue weighted by Crippen LogP contribution is -2.45. The number of carbonyl (C=O) groups is 2. The smallest absolute Gasteiger partial charge is 0.322 e. The quantitative estimate of drug-likeness (QED) is 0.291. The molecule has 3 heterocycles. The highest BCUT2D eigenvalue weighted by Crippen LogP contribution is 2.46. The largest absolute Gasteiger partial charge is 0.493 e. The summed E-state index contributed by atoms with van der Waals surface area (Å²) in [5.41, 5.74) is 2.68. The molecular formula is C30H31Cl2N5O6S. The summed E-state index contributed by atoms with van der Waals surface area (Å²) in [4.78, 5) is 27.4. The van der Waals surface area contributed by atoms with Gasteiger partial charge in [-0.25, -0.2) is 9.52 Å². The first-order chi connectivity index (χ1) is 21.0. The summed E-state index contributed by atoms with van der Waals surface area (Å²) in [7, 11) is -1.27. The van der Waals surface area contributed by atoms with Crippen LogP contribution in [0.4, 0.5) is 10.5 Å². The molecule has 3 aromatic rings. The maximum absolute atomic E-state index is 13.3. The summed E-state index contributed by atoms with van der Waals surface area (Å²) in [6, 6.07) is 10.9. The molecule has 232 valence electrons. The summed E-state index contributed by atoms with van der Waals surface area (Å²) in [6.45, 7) is 0.249. The Hall–Kier alpha value is -3.58. The number of benzene rings is 2. The molecule has 14 heteroatoms. The van der Waals surface area contributed by atoms with E-state index in [1.165, 1.54) is 26.2 Å². The molecule has 0 spiro atoms. The van der Waals surface area contributed by atoms with Crippen LogP contribution in [0.25, 0.3) is 11.3 Å². The minimum Gasteiger partial charge on any atom is -0.493 e. The number of carbonyl (C=O) groups excluding carboxylic acids is 2. The average molecular weight is 661 g/mol. The van der Waals surface area contributed by atoms with Crippen LogP contribution in [0.1, 0.15) is 59.7 Å². The van der Waals surface area contributed by atoms with E-state index >= 15 is 0 Å². The molecule has 1 aromatic heterocycles. The van der Waals surface area contributed by atoms with E-state index < -0.39 is 16.1 Å². The van der Waals surface area contributed by atoms with Gasteiger partial charge in [-0.15, -0.1) is 0 Å². The van der Waals surface area contributed by atoms with Gasteiger partial charge in [-0.05, 0) is 68.2 Å². The predicted molar refractivity (Wildman–Crippen MR) is 166 cm³/mol. The van der Waals surface area contributed by atoms with Gasteiger partial charge in [-0.1, -0.05) is 34.4 Å². The Morgan fingerprint density at radius 3 is 2.41 bits per heavy atom. The molecule has 2 bridgehead atoms. The Morgan fingerprint density at radius 1 is 1.07 bits per heavy atom. The van der Waals surface area contributed by atoms with Crippen molar-refractivity contribution in [3.8, 4) is 11.3 Å². The minimum atomic E-state index is -3.91. The third-order valence-electron chi connectivity index (χ3n) is 8.06. The molecule has 2 aliphatic heterocycles. The van der Waals surface area contributed by atoms with Gasteiger partial charge in [-0.3, -0.25) is 4.79 Å². The fourth-order valence-electron chi connectivity index (χ4n) is 5.59. The van der Waals surface area contributed by atoms with Gasteiger partial charge in [0.1, 0.15) is 18.1 Å². The normalized spacial score (nSPS) is 19.6. The molecule has 2 N–H and O–H groups in total. The van der Waals surface area contributed by atoms with Crippen molar-refractivity contribution < 1.29 is 27.3 Å². The lowest BCUT2D eigenvalue weighted by Gasteiger charge is -2.33. The number of halogens is 2. The molecule has 2 atom stereocenters. The second-order valence-corrected chi connectivity index (χ2v) is 14.0. The number of nitrogens with one attached hydrogen (secondary N) is 2. The number of hydrogen-bond donors (Lipinski definition) is 2. The van der Waals surface area contributed by atoms with E-state index in [0.717, 1.165) is 47.1 Å². The van der Waals surface area contributed by atoms with Gasteiger partial charge in [0.05, 0.1) is 27.4 Å². The average Bonchev–Trinajstić information content (AvgIpc) is 3.68. The van der Waals surface area contributed by atoms with Crippen LogP contribution in [0.2, 0.25) is 10.0 Å². The summed E-state index contributed by atoms with van der Waals surface area (Å²) in [5, 5.41) is 8.20. The molecule has 11 nitrogen and oxygen atoms in total. The van der Waals surface area contributed by atoms with Crippen LogP contribution in [0, 0.1) is 0 Å². The van der Waals surface area contributed by atoms with Crippen molar-refractivity contribution in [3.05, 3.63) is 81.2 Å². The Bertz CT molecular complexity index is 1720. The monoisotopic (exact) mass is 659 g/mol. The molecule has 6 rings (SSSR count). The van der Waals surface area contributed by atoms with Crippen LogP contribution in [0.3, 0.4) is 0 Å². The van der Waals surface area contributed by atoms with Crippen LogP contribution in [-0.4, -0.2) is 60.9 Å². The second kappa shape index (κ2) is 12.1. The van der Waals surface area contributed by atoms with Crippen LogP contribution in [0.15, 0.2) is 58.8 Å². The fraction of sp³-hybridized carbons (Fsp3) is 0.367. The SMILES string of the molecule is CN(C)S(=O)(=O)NC(=O)c1ccc(NC(=O)N2C3C=C(OCc4c(-c5c(Cl)cccc5Cl)noc4C4CC4)CC2CC3)cc1. The first-order valence-electron chi connectivity index (χ1n) is 14.2. The number of ether oxygens (including phenoxy) is 1. The first-order valence-corrected chi connectivity index (χ1v) is 16.4. The van der Waals surface area contributed by atoms with Crippen molar-refractivity contribution in [2.24, 2.45) is 0 Å². The third-order valence-corrected chi connectivity index (χ3v) is 10.1. The van der Waals surface area contributed by atoms with E-state index in [9.17, 15) is 18.0 Å². The van der Waals surface area contributed by atoms with E-state index in [-0.39, 0.29) is 30.3 Å². The standard InChI is InChI=1S/C30H31Cl2N5O6S/c1-36(2)44(40,41)35-29(38)18-8-10-19(11-9-18)33-30(39)37-20-12-13-21(37)15-22(14-20)42-16-23-27(34-43-28(23)17-6-7-17)26-24(31)4-3-5-25(26)32/h3-5,8-11,14,17,20-21H,6-7,12-13,15-16H2,1-2H3,(H,33,39)(H,35,38). The Morgan fingerprint density at radius 2 is 1.77 bits per heavy atom. The number of nitrogens with zero attached hydrogens (tertiary/aromatic N) is 3. The van der Waals surface area contributed by atoms with Crippen LogP contribution in [-0.2, 0) is 21.6 Å². The van der Waals surface area contributed by atoms with Crippen LogP contribution >= 0.6 is 23.2 Å². The molecule has 3 amide bonds. The zero-order valence-electron chi connectivity index (χ0n) is 24.0. The molecule has 2 aromatic carbocycles. The maximum atomic E-state index is 13.3. The molecule has 1 saturated heterocycles. The summed E-state index contributed by atoms with van der Waals surface area (Å²) in [6.07, 6.45) is 6.27. The molecule has 3 aliphatic rings. The highest BCUT2D eigenvalue weighted by Gasteiger charge is 2.41. The number of anilines is 1. The topological polar surface area (TPSA) is 134 Å². The molecule has 0 radical (unpaired) electrons. The van der Waals surface area contributed by atoms with Gasteiger partial charge in [0.2, 0.25) is 0 Å². The van der Waals surface area contributed by atoms with Crippen molar-refractivity contribution in [1.29, 1.82) is 0 Å². The predicted octanol–water partition coefficient (Wildman–Crippen LogP) is 5.93. The van der Waals surface area contributed by atoms with Crippen molar-refractivity contribution in [2.45, 2.75) is 56.7 Å². The summed E-state index contributed by atoms with van der Waals surface area (Å²) < 4.78 is 38.8. The van der Waals surface area contributed by atoms with Crippen LogP contribution < -0.4 is 10.0 Å². The second-order valence-electron chi connectivity index (χ2n) is 11.3. The van der Waals surface area contributed by atoms with E-state index in [1.807, 2.05) is 15.7 Å². The number of amides is 3. The number of rotatable bonds is 9. The third kappa shape index (κ3) is 6.16. The number of aromatic nitrogens is 1. The van der Waals surface area contributed by atoms with E-state index in [0.29, 0.717) is 39.3 Å². The Kier molecular flexibility index (Phi) is 8.35. The van der Waals surface area contributed by atoms with Gasteiger partial charge in [0, 0.05) is 49.3 Å². The maximum Gasteiger partial charge on any atom is 0.322 e. The molecule has 2 unspecified atom stereocenters. The molecule has 1 aliphatic carbocycles. The van der Waals surface area contributed by atoms with Crippen molar-refractivity contribution in [3.63, 3.8) is 0 Å². The lowest BCUT2D eigenvalue weighted by atomic mass is 10.0. The van der Waals surface area contributed by atoms with Crippen molar-refractivity contribution in [2.75, 3.05) is 19.4 Å².